The molecule has 0 bridgehead atoms. The van der Waals surface area contributed by atoms with Crippen molar-refractivity contribution in [3.63, 3.8) is 0 Å². The van der Waals surface area contributed by atoms with Gasteiger partial charge in [0.05, 0.1) is 13.0 Å². The summed E-state index contributed by atoms with van der Waals surface area (Å²) in [6, 6.07) is 11.8. The third-order valence-electron chi connectivity index (χ3n) is 4.63. The molecule has 1 fully saturated rings. The summed E-state index contributed by atoms with van der Waals surface area (Å²) >= 11 is 0. The second-order valence-electron chi connectivity index (χ2n) is 6.29. The molecule has 1 saturated heterocycles. The lowest BCUT2D eigenvalue weighted by molar-refractivity contribution is -0.120. The van der Waals surface area contributed by atoms with Crippen molar-refractivity contribution in [3.05, 3.63) is 53.3 Å². The van der Waals surface area contributed by atoms with Crippen molar-refractivity contribution in [1.29, 1.82) is 0 Å². The Bertz CT molecular complexity index is 746. The summed E-state index contributed by atoms with van der Waals surface area (Å²) < 4.78 is 2.07. The van der Waals surface area contributed by atoms with Crippen molar-refractivity contribution < 1.29 is 9.59 Å². The molecular formula is C19H23N3O2. The van der Waals surface area contributed by atoms with Crippen LogP contribution in [0, 0.1) is 6.92 Å². The topological polar surface area (TPSA) is 54.3 Å². The van der Waals surface area contributed by atoms with E-state index < -0.39 is 0 Å². The summed E-state index contributed by atoms with van der Waals surface area (Å²) in [4.78, 5) is 25.7. The van der Waals surface area contributed by atoms with Crippen LogP contribution in [0.25, 0.3) is 0 Å². The first-order valence-corrected chi connectivity index (χ1v) is 8.32. The molecule has 24 heavy (non-hydrogen) atoms. The number of amides is 2. The zero-order valence-corrected chi connectivity index (χ0v) is 14.2. The van der Waals surface area contributed by atoms with E-state index in [1.54, 1.807) is 0 Å². The molecule has 0 atom stereocenters. The fourth-order valence-corrected chi connectivity index (χ4v) is 3.00. The lowest BCUT2D eigenvalue weighted by Gasteiger charge is -2.15. The quantitative estimate of drug-likeness (QED) is 0.917. The van der Waals surface area contributed by atoms with E-state index in [1.807, 2.05) is 55.3 Å². The average Bonchev–Trinajstić information content (AvgIpc) is 3.13. The van der Waals surface area contributed by atoms with Crippen LogP contribution in [-0.4, -0.2) is 22.9 Å². The summed E-state index contributed by atoms with van der Waals surface area (Å²) in [6.07, 6.45) is 1.89. The number of aromatic nitrogens is 1. The lowest BCUT2D eigenvalue weighted by Crippen LogP contribution is -2.26. The van der Waals surface area contributed by atoms with E-state index in [9.17, 15) is 9.59 Å². The highest BCUT2D eigenvalue weighted by molar-refractivity contribution is 5.95. The molecule has 1 N–H and O–H groups in total. The van der Waals surface area contributed by atoms with Gasteiger partial charge in [0.2, 0.25) is 11.8 Å². The Balaban J connectivity index is 1.54. The van der Waals surface area contributed by atoms with Gasteiger partial charge in [0.25, 0.3) is 0 Å². The Kier molecular flexibility index (Phi) is 4.69. The number of carbonyl (C=O) groups is 2. The largest absolute Gasteiger partial charge is 0.350 e. The van der Waals surface area contributed by atoms with Crippen molar-refractivity contribution >= 4 is 17.5 Å². The molecule has 0 radical (unpaired) electrons. The summed E-state index contributed by atoms with van der Waals surface area (Å²) in [7, 11) is 2.00. The van der Waals surface area contributed by atoms with Crippen molar-refractivity contribution in [2.45, 2.75) is 32.7 Å². The van der Waals surface area contributed by atoms with Gasteiger partial charge < -0.3 is 14.8 Å². The maximum atomic E-state index is 12.1. The number of carbonyl (C=O) groups excluding carboxylic acids is 2. The molecule has 2 amide bonds. The Morgan fingerprint density at radius 1 is 1.17 bits per heavy atom. The van der Waals surface area contributed by atoms with Gasteiger partial charge in [-0.15, -0.1) is 0 Å². The molecule has 5 nitrogen and oxygen atoms in total. The molecule has 1 aliphatic heterocycles. The van der Waals surface area contributed by atoms with Gasteiger partial charge in [-0.25, -0.2) is 0 Å². The van der Waals surface area contributed by atoms with Gasteiger partial charge in [-0.2, -0.15) is 0 Å². The number of hydrogen-bond acceptors (Lipinski definition) is 2. The molecule has 1 aromatic carbocycles. The zero-order valence-electron chi connectivity index (χ0n) is 14.2. The van der Waals surface area contributed by atoms with Gasteiger partial charge in [0.15, 0.2) is 0 Å². The van der Waals surface area contributed by atoms with Gasteiger partial charge in [-0.1, -0.05) is 12.1 Å². The number of benzene rings is 1. The summed E-state index contributed by atoms with van der Waals surface area (Å²) in [5, 5.41) is 2.95. The van der Waals surface area contributed by atoms with Crippen molar-refractivity contribution in [2.24, 2.45) is 7.05 Å². The van der Waals surface area contributed by atoms with E-state index in [4.69, 9.17) is 0 Å². The van der Waals surface area contributed by atoms with Crippen LogP contribution in [0.4, 0.5) is 5.69 Å². The minimum absolute atomic E-state index is 0.00106. The van der Waals surface area contributed by atoms with E-state index in [2.05, 4.69) is 9.88 Å². The Morgan fingerprint density at radius 2 is 1.92 bits per heavy atom. The maximum absolute atomic E-state index is 12.1. The van der Waals surface area contributed by atoms with Crippen LogP contribution in [0.15, 0.2) is 36.4 Å². The normalized spacial score (nSPS) is 14.2. The monoisotopic (exact) mass is 325 g/mol. The van der Waals surface area contributed by atoms with Crippen LogP contribution in [-0.2, 0) is 29.6 Å². The standard InChI is InChI=1S/C19H23N3O2/c1-14-5-8-17(21(14)2)13-20-18(23)12-15-6-9-16(10-7-15)22-11-3-4-19(22)24/h5-10H,3-4,11-13H2,1-2H3,(H,20,23). The molecule has 0 saturated carbocycles. The number of anilines is 1. The van der Waals surface area contributed by atoms with E-state index in [1.165, 1.54) is 5.69 Å². The lowest BCUT2D eigenvalue weighted by atomic mass is 10.1. The zero-order chi connectivity index (χ0) is 17.1. The smallest absolute Gasteiger partial charge is 0.227 e. The van der Waals surface area contributed by atoms with Crippen molar-refractivity contribution in [3.8, 4) is 0 Å². The Labute approximate surface area is 142 Å². The van der Waals surface area contributed by atoms with Crippen LogP contribution >= 0.6 is 0 Å². The van der Waals surface area contributed by atoms with Crippen molar-refractivity contribution in [1.82, 2.24) is 9.88 Å². The highest BCUT2D eigenvalue weighted by Gasteiger charge is 2.21. The molecule has 1 aliphatic rings. The van der Waals surface area contributed by atoms with Gasteiger partial charge >= 0.3 is 0 Å². The predicted octanol–water partition coefficient (Wildman–Crippen LogP) is 2.32. The third-order valence-corrected chi connectivity index (χ3v) is 4.63. The molecule has 126 valence electrons. The van der Waals surface area contributed by atoms with Crippen molar-refractivity contribution in [2.75, 3.05) is 11.4 Å². The summed E-state index contributed by atoms with van der Waals surface area (Å²) in [5.74, 6) is 0.178. The molecular weight excluding hydrogens is 302 g/mol. The first-order chi connectivity index (χ1) is 11.5. The minimum Gasteiger partial charge on any atom is -0.350 e. The summed E-state index contributed by atoms with van der Waals surface area (Å²) in [5.41, 5.74) is 4.13. The van der Waals surface area contributed by atoms with Crippen LogP contribution in [0.5, 0.6) is 0 Å². The highest BCUT2D eigenvalue weighted by Crippen LogP contribution is 2.21. The van der Waals surface area contributed by atoms with Crippen LogP contribution in [0.2, 0.25) is 0 Å². The summed E-state index contributed by atoms with van der Waals surface area (Å²) in [6.45, 7) is 3.36. The molecule has 0 unspecified atom stereocenters. The molecule has 1 aromatic heterocycles. The fraction of sp³-hybridized carbons (Fsp3) is 0.368. The molecule has 2 heterocycles. The Morgan fingerprint density at radius 3 is 2.50 bits per heavy atom. The number of aryl methyl sites for hydroxylation is 1. The van der Waals surface area contributed by atoms with Crippen LogP contribution < -0.4 is 10.2 Å². The Hall–Kier alpha value is -2.56. The molecule has 2 aromatic rings. The first-order valence-electron chi connectivity index (χ1n) is 8.32. The van der Waals surface area contributed by atoms with E-state index >= 15 is 0 Å². The predicted molar refractivity (Wildman–Crippen MR) is 93.7 cm³/mol. The molecule has 5 heteroatoms. The first kappa shape index (κ1) is 16.3. The van der Waals surface area contributed by atoms with E-state index in [0.29, 0.717) is 19.4 Å². The second-order valence-corrected chi connectivity index (χ2v) is 6.29. The number of hydrogen-bond donors (Lipinski definition) is 1. The highest BCUT2D eigenvalue weighted by atomic mass is 16.2. The maximum Gasteiger partial charge on any atom is 0.227 e. The van der Waals surface area contributed by atoms with Gasteiger partial charge in [-0.3, -0.25) is 9.59 Å². The minimum atomic E-state index is -0.00106. The number of rotatable bonds is 5. The molecule has 0 aliphatic carbocycles. The fourth-order valence-electron chi connectivity index (χ4n) is 3.00. The number of nitrogens with one attached hydrogen (secondary N) is 1. The van der Waals surface area contributed by atoms with Gasteiger partial charge in [0, 0.05) is 37.1 Å². The van der Waals surface area contributed by atoms with Gasteiger partial charge in [0.1, 0.15) is 0 Å². The van der Waals surface area contributed by atoms with Crippen LogP contribution in [0.1, 0.15) is 29.8 Å². The SMILES string of the molecule is Cc1ccc(CNC(=O)Cc2ccc(N3CCCC3=O)cc2)n1C. The molecule has 3 rings (SSSR count). The molecule has 0 spiro atoms. The van der Waals surface area contributed by atoms with E-state index in [0.717, 1.165) is 29.9 Å². The van der Waals surface area contributed by atoms with E-state index in [-0.39, 0.29) is 11.8 Å². The number of nitrogens with zero attached hydrogens (tertiary/aromatic N) is 2. The second kappa shape index (κ2) is 6.91. The van der Waals surface area contributed by atoms with Gasteiger partial charge in [-0.05, 0) is 43.2 Å². The van der Waals surface area contributed by atoms with Crippen LogP contribution in [0.3, 0.4) is 0 Å². The third kappa shape index (κ3) is 3.50. The average molecular weight is 325 g/mol.